The molecule has 0 heterocycles. The average Bonchev–Trinajstić information content (AvgIpc) is 2.05. The maximum Gasteiger partial charge on any atom is 0.0498 e. The van der Waals surface area contributed by atoms with Crippen molar-refractivity contribution >= 4 is 22.3 Å². The van der Waals surface area contributed by atoms with E-state index in [1.54, 1.807) is 12.2 Å². The van der Waals surface area contributed by atoms with Crippen LogP contribution in [0, 0.1) is 0 Å². The van der Waals surface area contributed by atoms with Gasteiger partial charge in [0, 0.05) is 16.3 Å². The molecule has 1 rings (SSSR count). The topological polar surface area (TPSA) is 26.0 Å². The molecule has 0 aromatic heterocycles. The number of hydrogen-bond acceptors (Lipinski definition) is 1. The number of nitrogens with two attached hydrogens (primary N) is 1. The highest BCUT2D eigenvalue weighted by atomic mass is 35.5. The Morgan fingerprint density at radius 3 is 2.67 bits per heavy atom. The fourth-order valence-corrected chi connectivity index (χ4v) is 1.17. The molecule has 0 unspecified atom stereocenters. The van der Waals surface area contributed by atoms with Gasteiger partial charge in [-0.1, -0.05) is 42.5 Å². The van der Waals surface area contributed by atoms with Crippen molar-refractivity contribution in [3.05, 3.63) is 48.6 Å². The second kappa shape index (κ2) is 3.98. The van der Waals surface area contributed by atoms with Crippen LogP contribution in [-0.4, -0.2) is 0 Å². The Morgan fingerprint density at radius 1 is 1.42 bits per heavy atom. The Labute approximate surface area is 77.2 Å². The highest BCUT2D eigenvalue weighted by Gasteiger charge is 1.99. The van der Waals surface area contributed by atoms with Gasteiger partial charge in [-0.15, -0.1) is 0 Å². The van der Waals surface area contributed by atoms with Gasteiger partial charge in [0.1, 0.15) is 0 Å². The number of halogens is 1. The van der Waals surface area contributed by atoms with Crippen LogP contribution in [0.15, 0.2) is 43.0 Å². The largest absolute Gasteiger partial charge is 0.398 e. The van der Waals surface area contributed by atoms with Gasteiger partial charge < -0.3 is 5.73 Å². The first-order valence-electron chi connectivity index (χ1n) is 3.59. The zero-order chi connectivity index (χ0) is 8.97. The van der Waals surface area contributed by atoms with Gasteiger partial charge in [0.25, 0.3) is 0 Å². The summed E-state index contributed by atoms with van der Waals surface area (Å²) < 4.78 is 0. The number of rotatable bonds is 2. The summed E-state index contributed by atoms with van der Waals surface area (Å²) in [5.74, 6) is 0. The number of benzene rings is 1. The van der Waals surface area contributed by atoms with E-state index in [4.69, 9.17) is 17.3 Å². The van der Waals surface area contributed by atoms with Gasteiger partial charge in [-0.05, 0) is 12.1 Å². The maximum atomic E-state index is 5.92. The Bertz CT molecular complexity index is 315. The number of allylic oxidation sites excluding steroid dienone is 2. The van der Waals surface area contributed by atoms with E-state index in [1.165, 1.54) is 0 Å². The molecular formula is C10H10ClN. The Balaban J connectivity index is 3.10. The summed E-state index contributed by atoms with van der Waals surface area (Å²) in [6.07, 6.45) is 3.35. The Kier molecular flexibility index (Phi) is 2.94. The van der Waals surface area contributed by atoms with Crippen LogP contribution in [0.4, 0.5) is 5.69 Å². The molecule has 0 aliphatic carbocycles. The monoisotopic (exact) mass is 179 g/mol. The van der Waals surface area contributed by atoms with Gasteiger partial charge in [0.15, 0.2) is 0 Å². The molecule has 62 valence electrons. The lowest BCUT2D eigenvalue weighted by Crippen LogP contribution is -1.89. The Morgan fingerprint density at radius 2 is 2.08 bits per heavy atom. The van der Waals surface area contributed by atoms with Gasteiger partial charge in [-0.25, -0.2) is 0 Å². The molecule has 0 amide bonds. The van der Waals surface area contributed by atoms with Crippen molar-refractivity contribution in [2.24, 2.45) is 0 Å². The molecule has 2 N–H and O–H groups in total. The van der Waals surface area contributed by atoms with Crippen LogP contribution in [-0.2, 0) is 0 Å². The molecule has 0 radical (unpaired) electrons. The molecule has 0 atom stereocenters. The quantitative estimate of drug-likeness (QED) is 0.548. The van der Waals surface area contributed by atoms with E-state index in [2.05, 4.69) is 6.58 Å². The molecule has 0 aliphatic heterocycles. The highest BCUT2D eigenvalue weighted by molar-refractivity contribution is 6.49. The third-order valence-corrected chi connectivity index (χ3v) is 1.81. The van der Waals surface area contributed by atoms with Crippen molar-refractivity contribution in [3.8, 4) is 0 Å². The van der Waals surface area contributed by atoms with Crippen molar-refractivity contribution in [1.82, 2.24) is 0 Å². The summed E-state index contributed by atoms with van der Waals surface area (Å²) in [6.45, 7) is 3.55. The van der Waals surface area contributed by atoms with Gasteiger partial charge in [-0.3, -0.25) is 0 Å². The molecule has 0 spiro atoms. The van der Waals surface area contributed by atoms with Gasteiger partial charge >= 0.3 is 0 Å². The predicted octanol–water partition coefficient (Wildman–Crippen LogP) is 3.03. The van der Waals surface area contributed by atoms with Crippen LogP contribution < -0.4 is 5.73 Å². The Hall–Kier alpha value is -1.21. The zero-order valence-corrected chi connectivity index (χ0v) is 7.38. The fraction of sp³-hybridized carbons (Fsp3) is 0. The van der Waals surface area contributed by atoms with Crippen LogP contribution in [0.25, 0.3) is 5.03 Å². The summed E-state index contributed by atoms with van der Waals surface area (Å²) in [5, 5.41) is 0.614. The third kappa shape index (κ3) is 1.89. The van der Waals surface area contributed by atoms with Crippen molar-refractivity contribution in [1.29, 1.82) is 0 Å². The minimum atomic E-state index is 0.614. The molecule has 2 heteroatoms. The summed E-state index contributed by atoms with van der Waals surface area (Å²) in [5.41, 5.74) is 7.22. The molecule has 1 aromatic carbocycles. The molecule has 12 heavy (non-hydrogen) atoms. The molecule has 1 nitrogen and oxygen atoms in total. The molecule has 1 aromatic rings. The van der Waals surface area contributed by atoms with Crippen LogP contribution >= 0.6 is 11.6 Å². The highest BCUT2D eigenvalue weighted by Crippen LogP contribution is 2.23. The minimum absolute atomic E-state index is 0.614. The smallest absolute Gasteiger partial charge is 0.0498 e. The van der Waals surface area contributed by atoms with Crippen LogP contribution in [0.1, 0.15) is 5.56 Å². The molecule has 0 saturated carbocycles. The first-order valence-corrected chi connectivity index (χ1v) is 3.96. The number of para-hydroxylation sites is 1. The van der Waals surface area contributed by atoms with E-state index >= 15 is 0 Å². The number of nitrogen functional groups attached to an aromatic ring is 1. The summed E-state index contributed by atoms with van der Waals surface area (Å²) in [7, 11) is 0. The minimum Gasteiger partial charge on any atom is -0.398 e. The average molecular weight is 180 g/mol. The first kappa shape index (κ1) is 8.88. The van der Waals surface area contributed by atoms with E-state index < -0.39 is 0 Å². The normalized spacial score (nSPS) is 11.2. The second-order valence-corrected chi connectivity index (χ2v) is 2.74. The van der Waals surface area contributed by atoms with E-state index in [1.807, 2.05) is 24.3 Å². The first-order chi connectivity index (χ1) is 5.75. The zero-order valence-electron chi connectivity index (χ0n) is 6.63. The number of anilines is 1. The summed E-state index contributed by atoms with van der Waals surface area (Å²) >= 11 is 5.92. The summed E-state index contributed by atoms with van der Waals surface area (Å²) in [6, 6.07) is 7.45. The maximum absolute atomic E-state index is 5.92. The lowest BCUT2D eigenvalue weighted by molar-refractivity contribution is 1.63. The van der Waals surface area contributed by atoms with Gasteiger partial charge in [0.05, 0.1) is 0 Å². The van der Waals surface area contributed by atoms with E-state index in [0.29, 0.717) is 10.7 Å². The third-order valence-electron chi connectivity index (χ3n) is 1.48. The van der Waals surface area contributed by atoms with Crippen molar-refractivity contribution in [2.45, 2.75) is 0 Å². The SMILES string of the molecule is C=C/C=C(/Cl)c1ccccc1N. The van der Waals surface area contributed by atoms with Crippen LogP contribution in [0.5, 0.6) is 0 Å². The van der Waals surface area contributed by atoms with Crippen LogP contribution in [0.2, 0.25) is 0 Å². The second-order valence-electron chi connectivity index (χ2n) is 2.34. The molecule has 0 fully saturated rings. The fourth-order valence-electron chi connectivity index (χ4n) is 0.908. The lowest BCUT2D eigenvalue weighted by Gasteiger charge is -2.01. The van der Waals surface area contributed by atoms with Crippen LogP contribution in [0.3, 0.4) is 0 Å². The van der Waals surface area contributed by atoms with E-state index in [-0.39, 0.29) is 0 Å². The van der Waals surface area contributed by atoms with Crippen molar-refractivity contribution in [2.75, 3.05) is 5.73 Å². The van der Waals surface area contributed by atoms with Crippen molar-refractivity contribution in [3.63, 3.8) is 0 Å². The number of hydrogen-bond donors (Lipinski definition) is 1. The lowest BCUT2D eigenvalue weighted by atomic mass is 10.1. The standard InChI is InChI=1S/C10H10ClN/c1-2-5-9(11)8-6-3-4-7-10(8)12/h2-7H,1,12H2/b9-5+. The molecule has 0 aliphatic rings. The predicted molar refractivity (Wildman–Crippen MR) is 54.9 cm³/mol. The molecule has 0 bridgehead atoms. The van der Waals surface area contributed by atoms with Crippen molar-refractivity contribution < 1.29 is 0 Å². The molecule has 0 saturated heterocycles. The van der Waals surface area contributed by atoms with E-state index in [9.17, 15) is 0 Å². The summed E-state index contributed by atoms with van der Waals surface area (Å²) in [4.78, 5) is 0. The molecular weight excluding hydrogens is 170 g/mol. The van der Waals surface area contributed by atoms with E-state index in [0.717, 1.165) is 5.56 Å². The van der Waals surface area contributed by atoms with Gasteiger partial charge in [0.2, 0.25) is 0 Å². The van der Waals surface area contributed by atoms with Gasteiger partial charge in [-0.2, -0.15) is 0 Å².